The lowest BCUT2D eigenvalue weighted by Crippen LogP contribution is -2.25. The predicted molar refractivity (Wildman–Crippen MR) is 54.7 cm³/mol. The fourth-order valence-corrected chi connectivity index (χ4v) is 1.56. The minimum absolute atomic E-state index is 0.0670. The van der Waals surface area contributed by atoms with Crippen molar-refractivity contribution >= 4 is 11.7 Å². The molecular formula is C11H8F3NO3. The van der Waals surface area contributed by atoms with Gasteiger partial charge in [-0.2, -0.15) is 13.2 Å². The predicted octanol–water partition coefficient (Wildman–Crippen LogP) is 1.55. The van der Waals surface area contributed by atoms with Crippen molar-refractivity contribution in [3.05, 3.63) is 29.3 Å². The largest absolute Gasteiger partial charge is 0.491 e. The molecule has 7 heteroatoms. The average Bonchev–Trinajstić information content (AvgIpc) is 2.49. The van der Waals surface area contributed by atoms with Gasteiger partial charge in [0.15, 0.2) is 0 Å². The summed E-state index contributed by atoms with van der Waals surface area (Å²) >= 11 is 0. The molecule has 96 valence electrons. The molecule has 0 atom stereocenters. The number of carbonyl (C=O) groups excluding carboxylic acids is 2. The van der Waals surface area contributed by atoms with Gasteiger partial charge in [0.2, 0.25) is 0 Å². The number of hydrogen-bond acceptors (Lipinski definition) is 3. The van der Waals surface area contributed by atoms with E-state index in [9.17, 15) is 22.8 Å². The number of hydrogen-bond donors (Lipinski definition) is 1. The first-order chi connectivity index (χ1) is 8.39. The minimum atomic E-state index is -4.96. The number of ketones is 1. The van der Waals surface area contributed by atoms with Crippen LogP contribution in [-0.4, -0.2) is 31.0 Å². The van der Waals surface area contributed by atoms with E-state index in [0.717, 1.165) is 12.1 Å². The van der Waals surface area contributed by atoms with Gasteiger partial charge < -0.3 is 10.1 Å². The van der Waals surface area contributed by atoms with Crippen LogP contribution in [0.2, 0.25) is 0 Å². The molecule has 0 aromatic heterocycles. The molecule has 1 aliphatic rings. The van der Waals surface area contributed by atoms with E-state index in [1.807, 2.05) is 0 Å². The molecule has 2 rings (SSSR count). The molecule has 0 saturated heterocycles. The van der Waals surface area contributed by atoms with Gasteiger partial charge in [0.25, 0.3) is 11.7 Å². The molecule has 4 nitrogen and oxygen atoms in total. The number of halogens is 3. The summed E-state index contributed by atoms with van der Waals surface area (Å²) in [5.74, 6) is -2.37. The molecular weight excluding hydrogens is 251 g/mol. The van der Waals surface area contributed by atoms with Crippen LogP contribution in [0.5, 0.6) is 5.75 Å². The Bertz CT molecular complexity index is 511. The molecule has 1 aromatic rings. The summed E-state index contributed by atoms with van der Waals surface area (Å²) in [6.45, 7) is 0.487. The first-order valence-electron chi connectivity index (χ1n) is 5.06. The van der Waals surface area contributed by atoms with Crippen LogP contribution < -0.4 is 10.1 Å². The molecule has 0 fully saturated rings. The molecule has 1 N–H and O–H groups in total. The second-order valence-electron chi connectivity index (χ2n) is 3.64. The van der Waals surface area contributed by atoms with Crippen LogP contribution in [0, 0.1) is 0 Å². The number of amides is 1. The van der Waals surface area contributed by atoms with E-state index in [1.54, 1.807) is 0 Å². The Morgan fingerprint density at radius 3 is 2.72 bits per heavy atom. The summed E-state index contributed by atoms with van der Waals surface area (Å²) in [6.07, 6.45) is -4.96. The van der Waals surface area contributed by atoms with E-state index in [-0.39, 0.29) is 24.5 Å². The fraction of sp³-hybridized carbons (Fsp3) is 0.273. The SMILES string of the molecule is O=C1NCCOc2ccc(C(=O)C(F)(F)F)cc21. The van der Waals surface area contributed by atoms with Gasteiger partial charge >= 0.3 is 6.18 Å². The molecule has 0 radical (unpaired) electrons. The van der Waals surface area contributed by atoms with E-state index in [0.29, 0.717) is 0 Å². The molecule has 0 spiro atoms. The number of ether oxygens (including phenoxy) is 1. The molecule has 0 bridgehead atoms. The Morgan fingerprint density at radius 1 is 1.33 bits per heavy atom. The third kappa shape index (κ3) is 2.29. The van der Waals surface area contributed by atoms with Gasteiger partial charge in [-0.1, -0.05) is 0 Å². The summed E-state index contributed by atoms with van der Waals surface area (Å²) in [5, 5.41) is 2.45. The fourth-order valence-electron chi connectivity index (χ4n) is 1.56. The maximum Gasteiger partial charge on any atom is 0.454 e. The molecule has 1 aromatic carbocycles. The van der Waals surface area contributed by atoms with Crippen molar-refractivity contribution in [1.82, 2.24) is 5.32 Å². The van der Waals surface area contributed by atoms with Crippen LogP contribution in [0.25, 0.3) is 0 Å². The van der Waals surface area contributed by atoms with Crippen molar-refractivity contribution in [2.24, 2.45) is 0 Å². The minimum Gasteiger partial charge on any atom is -0.491 e. The van der Waals surface area contributed by atoms with Crippen molar-refractivity contribution < 1.29 is 27.5 Å². The lowest BCUT2D eigenvalue weighted by molar-refractivity contribution is -0.0885. The number of nitrogens with one attached hydrogen (secondary N) is 1. The van der Waals surface area contributed by atoms with Crippen molar-refractivity contribution in [2.75, 3.05) is 13.2 Å². The number of alkyl halides is 3. The number of rotatable bonds is 1. The van der Waals surface area contributed by atoms with E-state index < -0.39 is 23.4 Å². The Labute approximate surface area is 99.7 Å². The molecule has 0 unspecified atom stereocenters. The van der Waals surface area contributed by atoms with E-state index in [1.165, 1.54) is 6.07 Å². The standard InChI is InChI=1S/C11H8F3NO3/c12-11(13,14)9(16)6-1-2-8-7(5-6)10(17)15-3-4-18-8/h1-2,5H,3-4H2,(H,15,17). The zero-order valence-corrected chi connectivity index (χ0v) is 9.00. The van der Waals surface area contributed by atoms with Gasteiger partial charge in [-0.15, -0.1) is 0 Å². The molecule has 18 heavy (non-hydrogen) atoms. The second kappa shape index (κ2) is 4.32. The number of fused-ring (bicyclic) bond motifs is 1. The van der Waals surface area contributed by atoms with Gasteiger partial charge in [-0.3, -0.25) is 9.59 Å². The quantitative estimate of drug-likeness (QED) is 0.778. The zero-order chi connectivity index (χ0) is 13.3. The van der Waals surface area contributed by atoms with E-state index in [4.69, 9.17) is 4.74 Å². The van der Waals surface area contributed by atoms with Crippen molar-refractivity contribution in [3.63, 3.8) is 0 Å². The highest BCUT2D eigenvalue weighted by molar-refractivity contribution is 6.04. The Kier molecular flexibility index (Phi) is 2.98. The van der Waals surface area contributed by atoms with Gasteiger partial charge in [-0.25, -0.2) is 0 Å². The van der Waals surface area contributed by atoms with Gasteiger partial charge in [0.05, 0.1) is 12.1 Å². The summed E-state index contributed by atoms with van der Waals surface area (Å²) in [4.78, 5) is 22.6. The Hall–Kier alpha value is -2.05. The molecule has 0 aliphatic carbocycles. The van der Waals surface area contributed by atoms with Crippen molar-refractivity contribution in [1.29, 1.82) is 0 Å². The third-order valence-electron chi connectivity index (χ3n) is 2.39. The first-order valence-corrected chi connectivity index (χ1v) is 5.06. The molecule has 1 amide bonds. The molecule has 1 heterocycles. The molecule has 1 aliphatic heterocycles. The smallest absolute Gasteiger partial charge is 0.454 e. The van der Waals surface area contributed by atoms with E-state index in [2.05, 4.69) is 5.32 Å². The third-order valence-corrected chi connectivity index (χ3v) is 2.39. The highest BCUT2D eigenvalue weighted by Gasteiger charge is 2.39. The summed E-state index contributed by atoms with van der Waals surface area (Å²) < 4.78 is 42.0. The maximum atomic E-state index is 12.3. The summed E-state index contributed by atoms with van der Waals surface area (Å²) in [5.41, 5.74) is -0.649. The Balaban J connectivity index is 2.43. The topological polar surface area (TPSA) is 55.4 Å². The first kappa shape index (κ1) is 12.4. The van der Waals surface area contributed by atoms with Crippen molar-refractivity contribution in [3.8, 4) is 5.75 Å². The monoisotopic (exact) mass is 259 g/mol. The average molecular weight is 259 g/mol. The maximum absolute atomic E-state index is 12.3. The van der Waals surface area contributed by atoms with Crippen LogP contribution in [-0.2, 0) is 0 Å². The van der Waals surface area contributed by atoms with Gasteiger partial charge in [0, 0.05) is 5.56 Å². The number of carbonyl (C=O) groups is 2. The highest BCUT2D eigenvalue weighted by Crippen LogP contribution is 2.26. The number of Topliss-reactive ketones (excluding diaryl/α,β-unsaturated/α-hetero) is 1. The number of benzene rings is 1. The zero-order valence-electron chi connectivity index (χ0n) is 9.00. The lowest BCUT2D eigenvalue weighted by atomic mass is 10.1. The van der Waals surface area contributed by atoms with Crippen LogP contribution in [0.3, 0.4) is 0 Å². The van der Waals surface area contributed by atoms with Gasteiger partial charge in [0.1, 0.15) is 12.4 Å². The highest BCUT2D eigenvalue weighted by atomic mass is 19.4. The van der Waals surface area contributed by atoms with Crippen LogP contribution in [0.4, 0.5) is 13.2 Å². The van der Waals surface area contributed by atoms with Crippen LogP contribution in [0.15, 0.2) is 18.2 Å². The second-order valence-corrected chi connectivity index (χ2v) is 3.64. The Morgan fingerprint density at radius 2 is 2.06 bits per heavy atom. The van der Waals surface area contributed by atoms with Crippen LogP contribution in [0.1, 0.15) is 20.7 Å². The van der Waals surface area contributed by atoms with E-state index >= 15 is 0 Å². The molecule has 0 saturated carbocycles. The summed E-state index contributed by atoms with van der Waals surface area (Å²) in [6, 6.07) is 3.08. The van der Waals surface area contributed by atoms with Crippen molar-refractivity contribution in [2.45, 2.75) is 6.18 Å². The lowest BCUT2D eigenvalue weighted by Gasteiger charge is -2.09. The summed E-state index contributed by atoms with van der Waals surface area (Å²) in [7, 11) is 0. The van der Waals surface area contributed by atoms with Crippen LogP contribution >= 0.6 is 0 Å². The normalized spacial score (nSPS) is 15.2. The van der Waals surface area contributed by atoms with Gasteiger partial charge in [-0.05, 0) is 18.2 Å².